The second-order valence-electron chi connectivity index (χ2n) is 9.04. The van der Waals surface area contributed by atoms with Crippen molar-refractivity contribution < 1.29 is 19.1 Å². The fraction of sp³-hybridized carbons (Fsp3) is 0.385. The zero-order valence-electron chi connectivity index (χ0n) is 20.8. The highest BCUT2D eigenvalue weighted by atomic mass is 32.2. The predicted molar refractivity (Wildman–Crippen MR) is 138 cm³/mol. The van der Waals surface area contributed by atoms with Crippen molar-refractivity contribution >= 4 is 29.3 Å². The summed E-state index contributed by atoms with van der Waals surface area (Å²) < 4.78 is 11.9. The van der Waals surface area contributed by atoms with Crippen LogP contribution in [0.5, 0.6) is 0 Å². The van der Waals surface area contributed by atoms with Crippen molar-refractivity contribution in [3.63, 3.8) is 0 Å². The van der Waals surface area contributed by atoms with Crippen LogP contribution < -0.4 is 5.32 Å². The maximum atomic E-state index is 12.5. The van der Waals surface area contributed by atoms with Gasteiger partial charge in [0, 0.05) is 31.5 Å². The topological polar surface area (TPSA) is 95.3 Å². The SMILES string of the molecule is COCCCn1c(SCC(=O)Nc2ccc(C(=O)OC)cc2)nnc1-c1ccc(C(C)(C)C)cc1. The van der Waals surface area contributed by atoms with Crippen LogP contribution in [0.15, 0.2) is 53.7 Å². The van der Waals surface area contributed by atoms with Crippen LogP contribution in [-0.2, 0) is 26.2 Å². The number of nitrogens with one attached hydrogen (secondary N) is 1. The summed E-state index contributed by atoms with van der Waals surface area (Å²) in [6, 6.07) is 14.9. The number of anilines is 1. The average molecular weight is 497 g/mol. The number of hydrogen-bond donors (Lipinski definition) is 1. The highest BCUT2D eigenvalue weighted by Crippen LogP contribution is 2.28. The molecule has 0 aliphatic heterocycles. The lowest BCUT2D eigenvalue weighted by Crippen LogP contribution is -2.15. The van der Waals surface area contributed by atoms with Crippen molar-refractivity contribution in [1.82, 2.24) is 14.8 Å². The Bertz CT molecular complexity index is 1140. The van der Waals surface area contributed by atoms with E-state index in [4.69, 9.17) is 9.47 Å². The smallest absolute Gasteiger partial charge is 0.337 e. The average Bonchev–Trinajstić information content (AvgIpc) is 3.25. The monoisotopic (exact) mass is 496 g/mol. The van der Waals surface area contributed by atoms with E-state index in [0.717, 1.165) is 17.8 Å². The van der Waals surface area contributed by atoms with Crippen LogP contribution in [0.3, 0.4) is 0 Å². The van der Waals surface area contributed by atoms with E-state index in [2.05, 4.69) is 60.6 Å². The van der Waals surface area contributed by atoms with E-state index in [-0.39, 0.29) is 17.1 Å². The third-order valence-electron chi connectivity index (χ3n) is 5.38. The molecule has 0 unspecified atom stereocenters. The lowest BCUT2D eigenvalue weighted by molar-refractivity contribution is -0.113. The molecular formula is C26H32N4O4S. The van der Waals surface area contributed by atoms with E-state index in [1.54, 1.807) is 31.4 Å². The van der Waals surface area contributed by atoms with E-state index in [1.165, 1.54) is 24.4 Å². The van der Waals surface area contributed by atoms with Gasteiger partial charge in [-0.25, -0.2) is 4.79 Å². The van der Waals surface area contributed by atoms with Gasteiger partial charge >= 0.3 is 5.97 Å². The molecule has 1 N–H and O–H groups in total. The lowest BCUT2D eigenvalue weighted by Gasteiger charge is -2.19. The number of esters is 1. The predicted octanol–water partition coefficient (Wildman–Crippen LogP) is 4.80. The molecule has 1 heterocycles. The maximum Gasteiger partial charge on any atom is 0.337 e. The van der Waals surface area contributed by atoms with Crippen molar-refractivity contribution in [1.29, 1.82) is 0 Å². The van der Waals surface area contributed by atoms with Crippen LogP contribution in [0.2, 0.25) is 0 Å². The Labute approximate surface area is 210 Å². The van der Waals surface area contributed by atoms with Crippen molar-refractivity contribution in [3.05, 3.63) is 59.7 Å². The summed E-state index contributed by atoms with van der Waals surface area (Å²) in [5, 5.41) is 12.3. The second-order valence-corrected chi connectivity index (χ2v) is 9.98. The first-order valence-electron chi connectivity index (χ1n) is 11.4. The van der Waals surface area contributed by atoms with Gasteiger partial charge in [-0.2, -0.15) is 0 Å². The Kier molecular flexibility index (Phi) is 9.06. The van der Waals surface area contributed by atoms with E-state index < -0.39 is 5.97 Å². The number of benzene rings is 2. The van der Waals surface area contributed by atoms with E-state index in [9.17, 15) is 9.59 Å². The Balaban J connectivity index is 1.71. The molecule has 186 valence electrons. The maximum absolute atomic E-state index is 12.5. The number of aromatic nitrogens is 3. The summed E-state index contributed by atoms with van der Waals surface area (Å²) in [7, 11) is 3.01. The zero-order valence-corrected chi connectivity index (χ0v) is 21.6. The van der Waals surface area contributed by atoms with Crippen LogP contribution in [0, 0.1) is 0 Å². The highest BCUT2D eigenvalue weighted by Gasteiger charge is 2.18. The molecule has 3 aromatic rings. The molecule has 1 aromatic heterocycles. The number of methoxy groups -OCH3 is 2. The third kappa shape index (κ3) is 7.16. The van der Waals surface area contributed by atoms with Crippen LogP contribution in [0.25, 0.3) is 11.4 Å². The summed E-state index contributed by atoms with van der Waals surface area (Å²) >= 11 is 1.33. The minimum absolute atomic E-state index is 0.0681. The van der Waals surface area contributed by atoms with Crippen LogP contribution in [-0.4, -0.2) is 53.2 Å². The van der Waals surface area contributed by atoms with Gasteiger partial charge in [-0.15, -0.1) is 10.2 Å². The number of carbonyl (C=O) groups is 2. The molecule has 0 fully saturated rings. The Morgan fingerprint density at radius 1 is 1.00 bits per heavy atom. The van der Waals surface area contributed by atoms with Gasteiger partial charge in [0.1, 0.15) is 0 Å². The fourth-order valence-electron chi connectivity index (χ4n) is 3.43. The summed E-state index contributed by atoms with van der Waals surface area (Å²) in [6.45, 7) is 7.84. The molecule has 0 atom stereocenters. The van der Waals surface area contributed by atoms with Gasteiger partial charge < -0.3 is 19.4 Å². The van der Waals surface area contributed by atoms with Gasteiger partial charge in [0.05, 0.1) is 18.4 Å². The van der Waals surface area contributed by atoms with Gasteiger partial charge in [-0.3, -0.25) is 4.79 Å². The molecule has 8 nitrogen and oxygen atoms in total. The molecule has 35 heavy (non-hydrogen) atoms. The quantitative estimate of drug-likeness (QED) is 0.245. The Morgan fingerprint density at radius 3 is 2.29 bits per heavy atom. The van der Waals surface area contributed by atoms with Crippen LogP contribution in [0.4, 0.5) is 5.69 Å². The van der Waals surface area contributed by atoms with Crippen molar-refractivity contribution in [2.75, 3.05) is 31.9 Å². The normalized spacial score (nSPS) is 11.3. The summed E-state index contributed by atoms with van der Waals surface area (Å²) in [5.41, 5.74) is 3.32. The van der Waals surface area contributed by atoms with Gasteiger partial charge in [-0.05, 0) is 41.7 Å². The first-order valence-corrected chi connectivity index (χ1v) is 12.4. The van der Waals surface area contributed by atoms with Crippen LogP contribution >= 0.6 is 11.8 Å². The van der Waals surface area contributed by atoms with E-state index in [1.807, 2.05) is 4.57 Å². The fourth-order valence-corrected chi connectivity index (χ4v) is 4.20. The number of thioether (sulfide) groups is 1. The molecule has 9 heteroatoms. The number of hydrogen-bond acceptors (Lipinski definition) is 7. The molecule has 0 aliphatic carbocycles. The largest absolute Gasteiger partial charge is 0.465 e. The van der Waals surface area contributed by atoms with Gasteiger partial charge in [0.25, 0.3) is 0 Å². The Morgan fingerprint density at radius 2 is 1.69 bits per heavy atom. The third-order valence-corrected chi connectivity index (χ3v) is 6.35. The van der Waals surface area contributed by atoms with Crippen molar-refractivity contribution in [3.8, 4) is 11.4 Å². The molecule has 2 aromatic carbocycles. The number of carbonyl (C=O) groups excluding carboxylic acids is 2. The van der Waals surface area contributed by atoms with E-state index >= 15 is 0 Å². The zero-order chi connectivity index (χ0) is 25.4. The summed E-state index contributed by atoms with van der Waals surface area (Å²) in [5.74, 6) is 0.339. The number of ether oxygens (including phenoxy) is 2. The van der Waals surface area contributed by atoms with Crippen LogP contribution in [0.1, 0.15) is 43.1 Å². The first kappa shape index (κ1) is 26.4. The molecule has 0 saturated heterocycles. The second kappa shape index (κ2) is 12.0. The van der Waals surface area contributed by atoms with E-state index in [0.29, 0.717) is 29.6 Å². The minimum Gasteiger partial charge on any atom is -0.465 e. The van der Waals surface area contributed by atoms with Crippen molar-refractivity contribution in [2.45, 2.75) is 44.3 Å². The lowest BCUT2D eigenvalue weighted by atomic mass is 9.87. The van der Waals surface area contributed by atoms with Gasteiger partial charge in [0.15, 0.2) is 11.0 Å². The van der Waals surface area contributed by atoms with Crippen molar-refractivity contribution in [2.24, 2.45) is 0 Å². The summed E-state index contributed by atoms with van der Waals surface area (Å²) in [4.78, 5) is 24.1. The molecule has 1 amide bonds. The molecule has 0 saturated carbocycles. The first-order chi connectivity index (χ1) is 16.7. The molecule has 0 bridgehead atoms. The number of nitrogens with zero attached hydrogens (tertiary/aromatic N) is 3. The van der Waals surface area contributed by atoms with Gasteiger partial charge in [-0.1, -0.05) is 56.8 Å². The summed E-state index contributed by atoms with van der Waals surface area (Å²) in [6.07, 6.45) is 0.800. The minimum atomic E-state index is -0.421. The molecule has 3 rings (SSSR count). The molecule has 0 spiro atoms. The Hall–Kier alpha value is -3.17. The number of rotatable bonds is 10. The van der Waals surface area contributed by atoms with Gasteiger partial charge in [0.2, 0.25) is 5.91 Å². The number of amides is 1. The highest BCUT2D eigenvalue weighted by molar-refractivity contribution is 7.99. The standard InChI is InChI=1S/C26H32N4O4S/c1-26(2,3)20-11-7-18(8-12-20)23-28-29-25(30(23)15-6-16-33-4)35-17-22(31)27-21-13-9-19(10-14-21)24(32)34-5/h7-14H,6,15-17H2,1-5H3,(H,27,31). The molecule has 0 aliphatic rings. The molecular weight excluding hydrogens is 464 g/mol. The molecule has 0 radical (unpaired) electrons.